The summed E-state index contributed by atoms with van der Waals surface area (Å²) < 4.78 is 14.0. The normalized spacial score (nSPS) is 16.9. The van der Waals surface area contributed by atoms with Crippen molar-refractivity contribution >= 4 is 11.4 Å². The average molecular weight is 250 g/mol. The highest BCUT2D eigenvalue weighted by Gasteiger charge is 2.16. The number of nitrogens with one attached hydrogen (secondary N) is 1. The summed E-state index contributed by atoms with van der Waals surface area (Å²) in [5.41, 5.74) is 1.64. The molecule has 1 N–H and O–H groups in total. The van der Waals surface area contributed by atoms with E-state index in [0.29, 0.717) is 5.92 Å². The summed E-state index contributed by atoms with van der Waals surface area (Å²) in [5.74, 6) is 0.511. The van der Waals surface area contributed by atoms with E-state index >= 15 is 0 Å². The van der Waals surface area contributed by atoms with Gasteiger partial charge in [0.15, 0.2) is 0 Å². The zero-order chi connectivity index (χ0) is 13.0. The summed E-state index contributed by atoms with van der Waals surface area (Å²) in [7, 11) is 0. The van der Waals surface area contributed by atoms with Crippen LogP contribution in [0.1, 0.15) is 33.1 Å². The fraction of sp³-hybridized carbons (Fsp3) is 0.600. The molecule has 0 radical (unpaired) electrons. The lowest BCUT2D eigenvalue weighted by molar-refractivity contribution is 0.592. The molecule has 1 aliphatic rings. The monoisotopic (exact) mass is 250 g/mol. The first-order valence-corrected chi connectivity index (χ1v) is 6.99. The van der Waals surface area contributed by atoms with Crippen molar-refractivity contribution in [1.82, 2.24) is 0 Å². The van der Waals surface area contributed by atoms with E-state index in [1.807, 2.05) is 12.1 Å². The third-order valence-corrected chi connectivity index (χ3v) is 3.75. The summed E-state index contributed by atoms with van der Waals surface area (Å²) >= 11 is 0. The maximum Gasteiger partial charge on any atom is 0.148 e. The Morgan fingerprint density at radius 2 is 2.06 bits per heavy atom. The molecule has 1 unspecified atom stereocenters. The fourth-order valence-electron chi connectivity index (χ4n) is 2.27. The minimum Gasteiger partial charge on any atom is -0.385 e. The van der Waals surface area contributed by atoms with Gasteiger partial charge < -0.3 is 10.2 Å². The maximum atomic E-state index is 14.0. The first-order chi connectivity index (χ1) is 8.70. The minimum absolute atomic E-state index is 0.106. The van der Waals surface area contributed by atoms with Gasteiger partial charge in [-0.1, -0.05) is 20.3 Å². The van der Waals surface area contributed by atoms with Crippen LogP contribution in [0.4, 0.5) is 15.8 Å². The standard InChI is InChI=1S/C15H23FN2/c1-3-12(2)11-17-13-6-7-15(14(16)10-13)18-8-4-5-9-18/h6-7,10,12,17H,3-5,8-9,11H2,1-2H3. The lowest BCUT2D eigenvalue weighted by atomic mass is 10.1. The quantitative estimate of drug-likeness (QED) is 0.853. The van der Waals surface area contributed by atoms with Crippen molar-refractivity contribution in [1.29, 1.82) is 0 Å². The first-order valence-electron chi connectivity index (χ1n) is 6.99. The zero-order valence-corrected chi connectivity index (χ0v) is 11.4. The van der Waals surface area contributed by atoms with Crippen LogP contribution in [0.15, 0.2) is 18.2 Å². The van der Waals surface area contributed by atoms with Crippen LogP contribution >= 0.6 is 0 Å². The van der Waals surface area contributed by atoms with E-state index in [2.05, 4.69) is 24.1 Å². The first kappa shape index (κ1) is 13.2. The Hall–Kier alpha value is -1.25. The number of nitrogens with zero attached hydrogens (tertiary/aromatic N) is 1. The van der Waals surface area contributed by atoms with Gasteiger partial charge in [0.1, 0.15) is 5.82 Å². The highest BCUT2D eigenvalue weighted by molar-refractivity contribution is 5.56. The van der Waals surface area contributed by atoms with Crippen LogP contribution in [0.2, 0.25) is 0 Å². The van der Waals surface area contributed by atoms with Crippen LogP contribution in [-0.2, 0) is 0 Å². The van der Waals surface area contributed by atoms with E-state index < -0.39 is 0 Å². The molecule has 0 aromatic heterocycles. The Balaban J connectivity index is 2.00. The Morgan fingerprint density at radius 1 is 1.33 bits per heavy atom. The van der Waals surface area contributed by atoms with E-state index in [-0.39, 0.29) is 5.82 Å². The molecule has 100 valence electrons. The SMILES string of the molecule is CCC(C)CNc1ccc(N2CCCC2)c(F)c1. The van der Waals surface area contributed by atoms with Crippen molar-refractivity contribution in [2.24, 2.45) is 5.92 Å². The molecule has 0 bridgehead atoms. The van der Waals surface area contributed by atoms with Gasteiger partial charge in [-0.2, -0.15) is 0 Å². The lowest BCUT2D eigenvalue weighted by Crippen LogP contribution is -2.19. The van der Waals surface area contributed by atoms with E-state index in [0.717, 1.165) is 37.4 Å². The van der Waals surface area contributed by atoms with Crippen molar-refractivity contribution < 1.29 is 4.39 Å². The molecule has 1 atom stereocenters. The van der Waals surface area contributed by atoms with Crippen molar-refractivity contribution in [3.63, 3.8) is 0 Å². The summed E-state index contributed by atoms with van der Waals surface area (Å²) in [6, 6.07) is 5.51. The Morgan fingerprint density at radius 3 is 2.67 bits per heavy atom. The molecule has 0 amide bonds. The van der Waals surface area contributed by atoms with E-state index in [1.54, 1.807) is 6.07 Å². The molecule has 1 aromatic carbocycles. The molecular weight excluding hydrogens is 227 g/mol. The second-order valence-corrected chi connectivity index (χ2v) is 5.25. The van der Waals surface area contributed by atoms with Crippen LogP contribution in [0.5, 0.6) is 0 Å². The van der Waals surface area contributed by atoms with Crippen molar-refractivity contribution in [3.05, 3.63) is 24.0 Å². The smallest absolute Gasteiger partial charge is 0.148 e. The fourth-order valence-corrected chi connectivity index (χ4v) is 2.27. The predicted octanol–water partition coefficient (Wildman–Crippen LogP) is 3.88. The molecular formula is C15H23FN2. The highest BCUT2D eigenvalue weighted by Crippen LogP contribution is 2.26. The Bertz CT molecular complexity index is 386. The third-order valence-electron chi connectivity index (χ3n) is 3.75. The molecule has 2 rings (SSSR count). The molecule has 1 saturated heterocycles. The number of rotatable bonds is 5. The topological polar surface area (TPSA) is 15.3 Å². The van der Waals surface area contributed by atoms with E-state index in [9.17, 15) is 4.39 Å². The molecule has 3 heteroatoms. The predicted molar refractivity (Wildman–Crippen MR) is 75.8 cm³/mol. The van der Waals surface area contributed by atoms with Gasteiger partial charge in [0.25, 0.3) is 0 Å². The van der Waals surface area contributed by atoms with Gasteiger partial charge in [0.05, 0.1) is 5.69 Å². The van der Waals surface area contributed by atoms with E-state index in [4.69, 9.17) is 0 Å². The minimum atomic E-state index is -0.106. The number of hydrogen-bond acceptors (Lipinski definition) is 2. The summed E-state index contributed by atoms with van der Waals surface area (Å²) in [6.07, 6.45) is 3.49. The zero-order valence-electron chi connectivity index (χ0n) is 11.4. The number of benzene rings is 1. The number of anilines is 2. The van der Waals surface area contributed by atoms with Gasteiger partial charge in [0.2, 0.25) is 0 Å². The highest BCUT2D eigenvalue weighted by atomic mass is 19.1. The van der Waals surface area contributed by atoms with Crippen molar-refractivity contribution in [3.8, 4) is 0 Å². The second-order valence-electron chi connectivity index (χ2n) is 5.25. The molecule has 1 aliphatic heterocycles. The van der Waals surface area contributed by atoms with Gasteiger partial charge >= 0.3 is 0 Å². The molecule has 0 aliphatic carbocycles. The lowest BCUT2D eigenvalue weighted by Gasteiger charge is -2.19. The molecule has 1 fully saturated rings. The molecule has 0 spiro atoms. The molecule has 18 heavy (non-hydrogen) atoms. The van der Waals surface area contributed by atoms with E-state index in [1.165, 1.54) is 12.8 Å². The second kappa shape index (κ2) is 6.07. The van der Waals surface area contributed by atoms with Gasteiger partial charge in [-0.3, -0.25) is 0 Å². The van der Waals surface area contributed by atoms with Crippen LogP contribution in [0.3, 0.4) is 0 Å². The number of halogens is 1. The van der Waals surface area contributed by atoms with Crippen molar-refractivity contribution in [2.45, 2.75) is 33.1 Å². The molecule has 2 nitrogen and oxygen atoms in total. The summed E-state index contributed by atoms with van der Waals surface area (Å²) in [4.78, 5) is 2.13. The summed E-state index contributed by atoms with van der Waals surface area (Å²) in [5, 5.41) is 3.30. The number of hydrogen-bond donors (Lipinski definition) is 1. The molecule has 0 saturated carbocycles. The summed E-state index contributed by atoms with van der Waals surface area (Å²) in [6.45, 7) is 7.23. The van der Waals surface area contributed by atoms with Gasteiger partial charge in [-0.25, -0.2) is 4.39 Å². The van der Waals surface area contributed by atoms with Gasteiger partial charge in [-0.15, -0.1) is 0 Å². The largest absolute Gasteiger partial charge is 0.385 e. The van der Waals surface area contributed by atoms with Crippen LogP contribution < -0.4 is 10.2 Å². The molecule has 1 aromatic rings. The van der Waals surface area contributed by atoms with Crippen LogP contribution in [-0.4, -0.2) is 19.6 Å². The molecule has 1 heterocycles. The van der Waals surface area contributed by atoms with Crippen LogP contribution in [0.25, 0.3) is 0 Å². The van der Waals surface area contributed by atoms with Gasteiger partial charge in [-0.05, 0) is 37.0 Å². The Kier molecular flexibility index (Phi) is 4.45. The Labute approximate surface area is 109 Å². The van der Waals surface area contributed by atoms with Crippen LogP contribution in [0, 0.1) is 11.7 Å². The third kappa shape index (κ3) is 3.15. The maximum absolute atomic E-state index is 14.0. The van der Waals surface area contributed by atoms with Gasteiger partial charge in [0, 0.05) is 25.3 Å². The average Bonchev–Trinajstić information content (AvgIpc) is 2.89. The van der Waals surface area contributed by atoms with Crippen molar-refractivity contribution in [2.75, 3.05) is 29.9 Å².